The highest BCUT2D eigenvalue weighted by Crippen LogP contribution is 2.35. The molecule has 0 saturated heterocycles. The fraction of sp³-hybridized carbons (Fsp3) is 0.0385. The lowest BCUT2D eigenvalue weighted by Crippen LogP contribution is -2.03. The van der Waals surface area contributed by atoms with Crippen LogP contribution in [0.3, 0.4) is 0 Å². The average Bonchev–Trinajstić information content (AvgIpc) is 2.90. The molecular weight excluding hydrogens is 484 g/mol. The number of hydrogen-bond acceptors (Lipinski definition) is 8. The van der Waals surface area contributed by atoms with Crippen LogP contribution in [0.1, 0.15) is 0 Å². The van der Waals surface area contributed by atoms with E-state index in [0.717, 1.165) is 17.7 Å². The van der Waals surface area contributed by atoms with E-state index in [1.54, 1.807) is 6.07 Å². The average molecular weight is 501 g/mol. The fourth-order valence-corrected chi connectivity index (χ4v) is 3.64. The number of hydrogen-bond donors (Lipinski definition) is 1. The van der Waals surface area contributed by atoms with Crippen LogP contribution in [-0.4, -0.2) is 27.0 Å². The van der Waals surface area contributed by atoms with E-state index >= 15 is 0 Å². The quantitative estimate of drug-likeness (QED) is 0.201. The van der Waals surface area contributed by atoms with Gasteiger partial charge in [-0.1, -0.05) is 30.3 Å². The molecule has 3 aromatic carbocycles. The minimum absolute atomic E-state index is 0.0382. The number of anilines is 2. The minimum Gasteiger partial charge on any atom is -0.494 e. The number of fused-ring (bicyclic) bond motifs is 1. The molecule has 9 nitrogen and oxygen atoms in total. The first-order chi connectivity index (χ1) is 17.9. The van der Waals surface area contributed by atoms with Gasteiger partial charge in [0.05, 0.1) is 23.9 Å². The number of methoxy groups -OCH3 is 1. The van der Waals surface area contributed by atoms with Crippen molar-refractivity contribution in [2.24, 2.45) is 0 Å². The Morgan fingerprint density at radius 1 is 0.973 bits per heavy atom. The summed E-state index contributed by atoms with van der Waals surface area (Å²) in [6.07, 6.45) is 1.46. The molecule has 0 saturated carbocycles. The maximum Gasteiger partial charge on any atom is 0.307 e. The maximum absolute atomic E-state index is 14.0. The molecule has 0 fully saturated rings. The third kappa shape index (κ3) is 4.96. The molecule has 0 atom stereocenters. The van der Waals surface area contributed by atoms with Gasteiger partial charge in [-0.25, -0.2) is 19.3 Å². The molecule has 11 heteroatoms. The number of nitro benzene ring substituents is 1. The zero-order chi connectivity index (χ0) is 25.9. The number of aromatic nitrogens is 3. The summed E-state index contributed by atoms with van der Waals surface area (Å²) in [7, 11) is 1.31. The molecule has 0 spiro atoms. The number of nitro groups is 1. The lowest BCUT2D eigenvalue weighted by atomic mass is 10.1. The Hall–Kier alpha value is -5.19. The molecule has 5 rings (SSSR count). The van der Waals surface area contributed by atoms with Crippen molar-refractivity contribution in [3.8, 4) is 28.5 Å². The van der Waals surface area contributed by atoms with Crippen LogP contribution in [0, 0.1) is 21.7 Å². The Kier molecular flexibility index (Phi) is 6.25. The Balaban J connectivity index is 1.59. The van der Waals surface area contributed by atoms with E-state index in [-0.39, 0.29) is 29.1 Å². The second-order valence-electron chi connectivity index (χ2n) is 7.74. The number of nitrogens with one attached hydrogen (secondary N) is 1. The summed E-state index contributed by atoms with van der Waals surface area (Å²) in [5, 5.41) is 14.1. The highest BCUT2D eigenvalue weighted by molar-refractivity contribution is 5.92. The molecule has 1 N–H and O–H groups in total. The molecular formula is C26H17F2N5O4. The standard InChI is InChI=1S/C26H17F2N5O4/c1-36-23-12-19(28)22(33(34)35)13-20(23)31-26-29-14-21-25(32-26)18(15-5-3-2-4-6-15)11-24(30-21)37-17-9-7-16(27)8-10-17/h2-14H,1H3,(H,29,31,32). The first-order valence-electron chi connectivity index (χ1n) is 10.9. The zero-order valence-electron chi connectivity index (χ0n) is 19.2. The summed E-state index contributed by atoms with van der Waals surface area (Å²) < 4.78 is 38.3. The Morgan fingerprint density at radius 2 is 1.73 bits per heavy atom. The van der Waals surface area contributed by atoms with Crippen LogP contribution in [0.4, 0.5) is 26.1 Å². The molecule has 5 aromatic rings. The smallest absolute Gasteiger partial charge is 0.307 e. The Morgan fingerprint density at radius 3 is 2.43 bits per heavy atom. The largest absolute Gasteiger partial charge is 0.494 e. The number of rotatable bonds is 7. The van der Waals surface area contributed by atoms with E-state index in [1.807, 2.05) is 30.3 Å². The van der Waals surface area contributed by atoms with E-state index in [0.29, 0.717) is 22.3 Å². The number of ether oxygens (including phenoxy) is 2. The van der Waals surface area contributed by atoms with E-state index < -0.39 is 16.4 Å². The summed E-state index contributed by atoms with van der Waals surface area (Å²) in [4.78, 5) is 23.7. The number of benzene rings is 3. The van der Waals surface area contributed by atoms with E-state index in [2.05, 4.69) is 20.3 Å². The van der Waals surface area contributed by atoms with E-state index in [4.69, 9.17) is 9.47 Å². The van der Waals surface area contributed by atoms with Gasteiger partial charge in [-0.15, -0.1) is 0 Å². The summed E-state index contributed by atoms with van der Waals surface area (Å²) in [6, 6.07) is 18.5. The molecule has 37 heavy (non-hydrogen) atoms. The predicted molar refractivity (Wildman–Crippen MR) is 132 cm³/mol. The van der Waals surface area contributed by atoms with Gasteiger partial charge in [-0.3, -0.25) is 10.1 Å². The molecule has 0 aliphatic carbocycles. The van der Waals surface area contributed by atoms with Gasteiger partial charge in [0.15, 0.2) is 0 Å². The number of nitrogens with zero attached hydrogens (tertiary/aromatic N) is 4. The first kappa shape index (κ1) is 23.5. The molecule has 184 valence electrons. The summed E-state index contributed by atoms with van der Waals surface area (Å²) in [5.74, 6) is -0.653. The van der Waals surface area contributed by atoms with Gasteiger partial charge in [0, 0.05) is 23.8 Å². The van der Waals surface area contributed by atoms with Crippen LogP contribution < -0.4 is 14.8 Å². The zero-order valence-corrected chi connectivity index (χ0v) is 19.2. The van der Waals surface area contributed by atoms with Crippen LogP contribution in [0.15, 0.2) is 79.0 Å². The lowest BCUT2D eigenvalue weighted by molar-refractivity contribution is -0.387. The first-order valence-corrected chi connectivity index (χ1v) is 10.9. The van der Waals surface area contributed by atoms with Gasteiger partial charge < -0.3 is 14.8 Å². The highest BCUT2D eigenvalue weighted by Gasteiger charge is 2.20. The summed E-state index contributed by atoms with van der Waals surface area (Å²) >= 11 is 0. The van der Waals surface area contributed by atoms with Crippen molar-refractivity contribution < 1.29 is 23.2 Å². The molecule has 2 aromatic heterocycles. The third-order valence-electron chi connectivity index (χ3n) is 5.36. The minimum atomic E-state index is -1.03. The van der Waals surface area contributed by atoms with Crippen molar-refractivity contribution >= 4 is 28.4 Å². The Labute approximate surface area is 208 Å². The van der Waals surface area contributed by atoms with Crippen LogP contribution in [0.2, 0.25) is 0 Å². The maximum atomic E-state index is 14.0. The summed E-state index contributed by atoms with van der Waals surface area (Å²) in [5.41, 5.74) is 1.74. The van der Waals surface area contributed by atoms with E-state index in [9.17, 15) is 18.9 Å². The lowest BCUT2D eigenvalue weighted by Gasteiger charge is -2.13. The van der Waals surface area contributed by atoms with Crippen LogP contribution >= 0.6 is 0 Å². The molecule has 2 heterocycles. The fourth-order valence-electron chi connectivity index (χ4n) is 3.64. The number of pyridine rings is 1. The van der Waals surface area contributed by atoms with Gasteiger partial charge in [0.25, 0.3) is 0 Å². The summed E-state index contributed by atoms with van der Waals surface area (Å²) in [6.45, 7) is 0. The second-order valence-corrected chi connectivity index (χ2v) is 7.74. The molecule has 0 unspecified atom stereocenters. The van der Waals surface area contributed by atoms with Crippen molar-refractivity contribution in [3.63, 3.8) is 0 Å². The van der Waals surface area contributed by atoms with Crippen molar-refractivity contribution in [3.05, 3.63) is 101 Å². The molecule has 0 amide bonds. The van der Waals surface area contributed by atoms with Gasteiger partial charge >= 0.3 is 5.69 Å². The van der Waals surface area contributed by atoms with Gasteiger partial charge in [0.2, 0.25) is 17.6 Å². The molecule has 0 radical (unpaired) electrons. The molecule has 0 aliphatic heterocycles. The van der Waals surface area contributed by atoms with Crippen LogP contribution in [-0.2, 0) is 0 Å². The van der Waals surface area contributed by atoms with Crippen molar-refractivity contribution in [1.29, 1.82) is 0 Å². The molecule has 0 aliphatic rings. The van der Waals surface area contributed by atoms with Gasteiger partial charge in [0.1, 0.15) is 28.3 Å². The Bertz CT molecular complexity index is 1620. The third-order valence-corrected chi connectivity index (χ3v) is 5.36. The van der Waals surface area contributed by atoms with Gasteiger partial charge in [-0.2, -0.15) is 4.39 Å². The van der Waals surface area contributed by atoms with E-state index in [1.165, 1.54) is 37.6 Å². The van der Waals surface area contributed by atoms with Crippen molar-refractivity contribution in [2.75, 3.05) is 12.4 Å². The normalized spacial score (nSPS) is 10.8. The SMILES string of the molecule is COc1cc(F)c([N+](=O)[O-])cc1Nc1ncc2nc(Oc3ccc(F)cc3)cc(-c3ccccc3)c2n1. The van der Waals surface area contributed by atoms with Gasteiger partial charge in [-0.05, 0) is 29.8 Å². The topological polar surface area (TPSA) is 112 Å². The van der Waals surface area contributed by atoms with Crippen molar-refractivity contribution in [2.45, 2.75) is 0 Å². The van der Waals surface area contributed by atoms with Crippen LogP contribution in [0.25, 0.3) is 22.2 Å². The monoisotopic (exact) mass is 501 g/mol. The molecule has 0 bridgehead atoms. The number of halogens is 2. The second kappa shape index (κ2) is 9.82. The highest BCUT2D eigenvalue weighted by atomic mass is 19.1. The van der Waals surface area contributed by atoms with Crippen molar-refractivity contribution in [1.82, 2.24) is 15.0 Å². The van der Waals surface area contributed by atoms with Crippen LogP contribution in [0.5, 0.6) is 17.4 Å². The predicted octanol–water partition coefficient (Wildman–Crippen LogP) is 6.42.